The SMILES string of the molecule is N#Cc1ccc(-c2ccc3c4ccc(-c5ccc(C#N)cc5C#N)cc4n(-c4cc(-c5cccc(-c6ccccc6)n5)c(-n5c6cc(-c7ccc(C#N)cc7C#N)ccc6c6ccc(-c7ccc(C#N)cc7C#N)cc65)cc4C#N)c3c2)c(C#N)c1. The molecule has 0 saturated carbocycles. The molecule has 0 spiro atoms. The molecule has 86 heavy (non-hydrogen) atoms. The van der Waals surface area contributed by atoms with Crippen LogP contribution in [0.1, 0.15) is 50.1 Å². The van der Waals surface area contributed by atoms with Gasteiger partial charge in [-0.25, -0.2) is 4.98 Å². The zero-order valence-electron chi connectivity index (χ0n) is 45.0. The topological polar surface area (TPSA) is 237 Å². The van der Waals surface area contributed by atoms with E-state index in [0.29, 0.717) is 139 Å². The standard InChI is InChI=1S/C74H34N12/c75-35-44-9-17-58(53(25-44)39-79)49-13-21-62-63-22-14-50(59-18-10-45(36-76)26-54(59)40-80)30-71(63)85(70(62)29-49)69-34-66(68-8-4-7-67(84-68)48-5-2-1-3-6-48)74(33-57(69)43-83)86-72-31-51(60-19-11-46(37-77)27-55(60)41-81)15-23-64(72)65-24-16-52(32-73(65)86)61-20-12-47(38-78)28-56(61)42-82/h1-34H. The molecule has 0 unspecified atom stereocenters. The van der Waals surface area contributed by atoms with Gasteiger partial charge in [-0.05, 0) is 142 Å². The lowest BCUT2D eigenvalue weighted by Crippen LogP contribution is -2.05. The van der Waals surface area contributed by atoms with Crippen molar-refractivity contribution in [1.82, 2.24) is 14.1 Å². The molecule has 10 aromatic carbocycles. The monoisotopic (exact) mass is 1090 g/mol. The highest BCUT2D eigenvalue weighted by Crippen LogP contribution is 2.45. The molecular weight excluding hydrogens is 1060 g/mol. The molecule has 3 aromatic heterocycles. The van der Waals surface area contributed by atoms with Crippen molar-refractivity contribution in [3.8, 4) is 133 Å². The van der Waals surface area contributed by atoms with Gasteiger partial charge in [-0.3, -0.25) is 0 Å². The summed E-state index contributed by atoms with van der Waals surface area (Å²) >= 11 is 0. The van der Waals surface area contributed by atoms with Gasteiger partial charge in [0, 0.05) is 32.7 Å². The first-order chi connectivity index (χ1) is 42.2. The summed E-state index contributed by atoms with van der Waals surface area (Å²) in [6, 6.07) is 83.2. The number of aromatic nitrogens is 3. The molecule has 390 valence electrons. The fraction of sp³-hybridized carbons (Fsp3) is 0. The van der Waals surface area contributed by atoms with Gasteiger partial charge in [-0.2, -0.15) is 47.4 Å². The summed E-state index contributed by atoms with van der Waals surface area (Å²) in [5.41, 5.74) is 14.3. The van der Waals surface area contributed by atoms with Crippen LogP contribution in [0.25, 0.3) is 122 Å². The molecule has 0 aliphatic carbocycles. The molecule has 13 aromatic rings. The van der Waals surface area contributed by atoms with E-state index in [-0.39, 0.29) is 5.56 Å². The smallest absolute Gasteiger partial charge is 0.101 e. The zero-order valence-corrected chi connectivity index (χ0v) is 45.0. The number of hydrogen-bond acceptors (Lipinski definition) is 10. The van der Waals surface area contributed by atoms with E-state index in [4.69, 9.17) is 4.98 Å². The van der Waals surface area contributed by atoms with Crippen LogP contribution in [0.3, 0.4) is 0 Å². The minimum Gasteiger partial charge on any atom is -0.308 e. The molecule has 0 radical (unpaired) electrons. The molecule has 0 fully saturated rings. The first-order valence-corrected chi connectivity index (χ1v) is 26.8. The quantitative estimate of drug-likeness (QED) is 0.139. The van der Waals surface area contributed by atoms with Crippen molar-refractivity contribution >= 4 is 43.6 Å². The number of fused-ring (bicyclic) bond motifs is 6. The lowest BCUT2D eigenvalue weighted by atomic mass is 9.96. The average molecular weight is 1090 g/mol. The second-order valence-electron chi connectivity index (χ2n) is 20.3. The van der Waals surface area contributed by atoms with Crippen LogP contribution in [0, 0.1) is 102 Å². The molecule has 0 N–H and O–H groups in total. The third-order valence-electron chi connectivity index (χ3n) is 15.7. The van der Waals surface area contributed by atoms with Crippen molar-refractivity contribution in [1.29, 1.82) is 47.4 Å². The molecule has 3 heterocycles. The fourth-order valence-corrected chi connectivity index (χ4v) is 11.7. The zero-order chi connectivity index (χ0) is 59.2. The van der Waals surface area contributed by atoms with E-state index in [0.717, 1.165) is 27.1 Å². The molecule has 12 nitrogen and oxygen atoms in total. The van der Waals surface area contributed by atoms with Crippen LogP contribution < -0.4 is 0 Å². The highest BCUT2D eigenvalue weighted by atomic mass is 15.0. The van der Waals surface area contributed by atoms with Gasteiger partial charge >= 0.3 is 0 Å². The molecular formula is C74H34N12. The summed E-state index contributed by atoms with van der Waals surface area (Å²) in [5.74, 6) is 0. The molecule has 0 bridgehead atoms. The lowest BCUT2D eigenvalue weighted by Gasteiger charge is -2.19. The normalized spacial score (nSPS) is 10.7. The van der Waals surface area contributed by atoms with Gasteiger partial charge in [0.2, 0.25) is 0 Å². The van der Waals surface area contributed by atoms with Gasteiger partial charge in [0.25, 0.3) is 0 Å². The highest BCUT2D eigenvalue weighted by molar-refractivity contribution is 6.13. The average Bonchev–Trinajstić information content (AvgIpc) is 1.59. The minimum absolute atomic E-state index is 0.241. The molecule has 0 amide bonds. The maximum atomic E-state index is 11.8. The third kappa shape index (κ3) is 8.60. The Morgan fingerprint density at radius 2 is 0.593 bits per heavy atom. The van der Waals surface area contributed by atoms with Gasteiger partial charge in [0.15, 0.2) is 0 Å². The Morgan fingerprint density at radius 1 is 0.244 bits per heavy atom. The first-order valence-electron chi connectivity index (χ1n) is 26.8. The minimum atomic E-state index is 0.241. The summed E-state index contributed by atoms with van der Waals surface area (Å²) in [6.07, 6.45) is 0. The fourth-order valence-electron chi connectivity index (χ4n) is 11.7. The van der Waals surface area contributed by atoms with Crippen LogP contribution in [0.15, 0.2) is 206 Å². The number of benzene rings is 10. The summed E-state index contributed by atoms with van der Waals surface area (Å²) < 4.78 is 4.09. The van der Waals surface area contributed by atoms with Crippen molar-refractivity contribution < 1.29 is 0 Å². The summed E-state index contributed by atoms with van der Waals surface area (Å²) in [7, 11) is 0. The van der Waals surface area contributed by atoms with Crippen LogP contribution >= 0.6 is 0 Å². The molecule has 0 aliphatic rings. The Balaban J connectivity index is 1.17. The predicted octanol–water partition coefficient (Wildman–Crippen LogP) is 16.1. The van der Waals surface area contributed by atoms with E-state index < -0.39 is 0 Å². The van der Waals surface area contributed by atoms with E-state index in [1.807, 2.05) is 138 Å². The summed E-state index contributed by atoms with van der Waals surface area (Å²) in [5, 5.41) is 96.2. The van der Waals surface area contributed by atoms with E-state index in [9.17, 15) is 47.4 Å². The summed E-state index contributed by atoms with van der Waals surface area (Å²) in [4.78, 5) is 5.39. The van der Waals surface area contributed by atoms with E-state index in [2.05, 4.69) is 59.2 Å². The maximum absolute atomic E-state index is 11.8. The van der Waals surface area contributed by atoms with Crippen molar-refractivity contribution in [2.75, 3.05) is 0 Å². The Hall–Kier alpha value is -13.6. The van der Waals surface area contributed by atoms with Crippen LogP contribution in [0.5, 0.6) is 0 Å². The second kappa shape index (κ2) is 21.1. The molecule has 0 aliphatic heterocycles. The Morgan fingerprint density at radius 3 is 0.942 bits per heavy atom. The Kier molecular flexibility index (Phi) is 12.7. The Bertz CT molecular complexity index is 5280. The molecule has 0 atom stereocenters. The number of rotatable bonds is 8. The van der Waals surface area contributed by atoms with Crippen LogP contribution in [0.4, 0.5) is 0 Å². The highest BCUT2D eigenvalue weighted by Gasteiger charge is 2.25. The van der Waals surface area contributed by atoms with Gasteiger partial charge < -0.3 is 9.13 Å². The van der Waals surface area contributed by atoms with Crippen molar-refractivity contribution in [2.45, 2.75) is 0 Å². The van der Waals surface area contributed by atoms with E-state index in [1.54, 1.807) is 72.8 Å². The largest absolute Gasteiger partial charge is 0.308 e. The summed E-state index contributed by atoms with van der Waals surface area (Å²) in [6.45, 7) is 0. The first kappa shape index (κ1) is 51.8. The lowest BCUT2D eigenvalue weighted by molar-refractivity contribution is 1.13. The number of nitrogens with zero attached hydrogens (tertiary/aromatic N) is 12. The Labute approximate surface area is 491 Å². The van der Waals surface area contributed by atoms with Gasteiger partial charge in [0.05, 0.1) is 143 Å². The van der Waals surface area contributed by atoms with E-state index >= 15 is 0 Å². The van der Waals surface area contributed by atoms with Gasteiger partial charge in [0.1, 0.15) is 6.07 Å². The van der Waals surface area contributed by atoms with Crippen molar-refractivity contribution in [3.63, 3.8) is 0 Å². The van der Waals surface area contributed by atoms with Crippen LogP contribution in [-0.4, -0.2) is 14.1 Å². The van der Waals surface area contributed by atoms with Crippen LogP contribution in [-0.2, 0) is 0 Å². The predicted molar refractivity (Wildman–Crippen MR) is 328 cm³/mol. The molecule has 12 heteroatoms. The molecule has 0 saturated heterocycles. The second-order valence-corrected chi connectivity index (χ2v) is 20.3. The number of pyridine rings is 1. The van der Waals surface area contributed by atoms with Crippen LogP contribution in [0.2, 0.25) is 0 Å². The third-order valence-corrected chi connectivity index (χ3v) is 15.7. The molecule has 13 rings (SSSR count). The van der Waals surface area contributed by atoms with Gasteiger partial charge in [-0.1, -0.05) is 109 Å². The van der Waals surface area contributed by atoms with E-state index in [1.165, 1.54) is 0 Å². The van der Waals surface area contributed by atoms with Crippen molar-refractivity contribution in [3.05, 3.63) is 256 Å². The van der Waals surface area contributed by atoms with Crippen molar-refractivity contribution in [2.24, 2.45) is 0 Å². The maximum Gasteiger partial charge on any atom is 0.101 e. The number of hydrogen-bond donors (Lipinski definition) is 0. The number of nitriles is 9. The van der Waals surface area contributed by atoms with Gasteiger partial charge in [-0.15, -0.1) is 0 Å².